The van der Waals surface area contributed by atoms with Crippen molar-refractivity contribution in [3.8, 4) is 0 Å². The summed E-state index contributed by atoms with van der Waals surface area (Å²) in [6.07, 6.45) is 5.89. The number of halogens is 1. The van der Waals surface area contributed by atoms with E-state index in [0.717, 1.165) is 37.2 Å². The summed E-state index contributed by atoms with van der Waals surface area (Å²) < 4.78 is 0. The first-order chi connectivity index (χ1) is 9.11. The van der Waals surface area contributed by atoms with Crippen molar-refractivity contribution in [1.29, 1.82) is 0 Å². The lowest BCUT2D eigenvalue weighted by Gasteiger charge is -2.22. The lowest BCUT2D eigenvalue weighted by Crippen LogP contribution is -2.34. The Morgan fingerprint density at radius 1 is 1.45 bits per heavy atom. The maximum atomic E-state index is 12.6. The van der Waals surface area contributed by atoms with Crippen LogP contribution in [0.25, 0.3) is 0 Å². The minimum atomic E-state index is 0. The van der Waals surface area contributed by atoms with Crippen molar-refractivity contribution in [2.45, 2.75) is 39.0 Å². The molecule has 1 aliphatic heterocycles. The molecule has 1 aromatic heterocycles. The molecule has 1 aromatic rings. The molecule has 1 unspecified atom stereocenters. The second kappa shape index (κ2) is 6.04. The number of carbonyl (C=O) groups is 1. The van der Waals surface area contributed by atoms with Crippen molar-refractivity contribution >= 4 is 29.7 Å². The van der Waals surface area contributed by atoms with E-state index in [-0.39, 0.29) is 23.7 Å². The first-order valence-corrected chi connectivity index (χ1v) is 8.04. The molecule has 0 saturated carbocycles. The number of hydrogen-bond donors (Lipinski definition) is 1. The van der Waals surface area contributed by atoms with Gasteiger partial charge in [-0.2, -0.15) is 0 Å². The van der Waals surface area contributed by atoms with Gasteiger partial charge in [-0.25, -0.2) is 0 Å². The molecule has 0 aromatic carbocycles. The zero-order valence-corrected chi connectivity index (χ0v) is 13.6. The van der Waals surface area contributed by atoms with Gasteiger partial charge in [0.1, 0.15) is 0 Å². The zero-order chi connectivity index (χ0) is 13.5. The summed E-state index contributed by atoms with van der Waals surface area (Å²) in [4.78, 5) is 16.9. The monoisotopic (exact) mass is 314 g/mol. The molecule has 0 spiro atoms. The molecule has 0 bridgehead atoms. The molecule has 5 heteroatoms. The highest BCUT2D eigenvalue weighted by atomic mass is 35.5. The first kappa shape index (κ1) is 15.8. The summed E-state index contributed by atoms with van der Waals surface area (Å²) in [5, 5.41) is 0. The normalized spacial score (nSPS) is 25.2. The number of nitrogens with two attached hydrogens (primary N) is 1. The third-order valence-electron chi connectivity index (χ3n) is 4.55. The van der Waals surface area contributed by atoms with Crippen LogP contribution in [0.1, 0.15) is 46.3 Å². The molecule has 0 radical (unpaired) electrons. The average molecular weight is 315 g/mol. The van der Waals surface area contributed by atoms with E-state index >= 15 is 0 Å². The van der Waals surface area contributed by atoms with Gasteiger partial charge in [0, 0.05) is 18.0 Å². The number of carbonyl (C=O) groups excluding carboxylic acids is 1. The van der Waals surface area contributed by atoms with Gasteiger partial charge >= 0.3 is 0 Å². The van der Waals surface area contributed by atoms with Gasteiger partial charge in [-0.3, -0.25) is 4.79 Å². The van der Waals surface area contributed by atoms with Crippen LogP contribution in [0.15, 0.2) is 6.07 Å². The Morgan fingerprint density at radius 2 is 2.20 bits per heavy atom. The molecule has 1 atom stereocenters. The van der Waals surface area contributed by atoms with Crippen molar-refractivity contribution in [2.24, 2.45) is 11.1 Å². The van der Waals surface area contributed by atoms with Gasteiger partial charge < -0.3 is 10.6 Å². The van der Waals surface area contributed by atoms with Gasteiger partial charge in [-0.1, -0.05) is 6.92 Å². The van der Waals surface area contributed by atoms with Crippen LogP contribution in [0.2, 0.25) is 0 Å². The SMILES string of the molecule is CC1(CN)CCN(C(=O)c2cc3c(s2)CCCC3)C1.Cl. The Labute approximate surface area is 130 Å². The van der Waals surface area contributed by atoms with Crippen LogP contribution >= 0.6 is 23.7 Å². The van der Waals surface area contributed by atoms with Gasteiger partial charge in [0.15, 0.2) is 0 Å². The number of nitrogens with zero attached hydrogens (tertiary/aromatic N) is 1. The van der Waals surface area contributed by atoms with Crippen LogP contribution in [0.4, 0.5) is 0 Å². The second-order valence-electron chi connectivity index (χ2n) is 6.26. The van der Waals surface area contributed by atoms with Gasteiger partial charge in [-0.15, -0.1) is 23.7 Å². The molecule has 3 rings (SSSR count). The van der Waals surface area contributed by atoms with E-state index in [1.807, 2.05) is 4.90 Å². The summed E-state index contributed by atoms with van der Waals surface area (Å²) in [7, 11) is 0. The minimum absolute atomic E-state index is 0. The highest BCUT2D eigenvalue weighted by Gasteiger charge is 2.35. The van der Waals surface area contributed by atoms with E-state index < -0.39 is 0 Å². The molecule has 1 fully saturated rings. The van der Waals surface area contributed by atoms with Crippen LogP contribution in [0.3, 0.4) is 0 Å². The molecule has 20 heavy (non-hydrogen) atoms. The number of rotatable bonds is 2. The molecule has 1 saturated heterocycles. The summed E-state index contributed by atoms with van der Waals surface area (Å²) in [6.45, 7) is 4.51. The van der Waals surface area contributed by atoms with Crippen LogP contribution in [-0.4, -0.2) is 30.4 Å². The number of aryl methyl sites for hydroxylation is 2. The van der Waals surface area contributed by atoms with E-state index in [9.17, 15) is 4.79 Å². The van der Waals surface area contributed by atoms with Gasteiger partial charge in [0.05, 0.1) is 4.88 Å². The Kier molecular flexibility index (Phi) is 4.77. The number of amides is 1. The topological polar surface area (TPSA) is 46.3 Å². The zero-order valence-electron chi connectivity index (χ0n) is 12.0. The predicted octanol–water partition coefficient (Wildman–Crippen LogP) is 2.86. The molecule has 1 aliphatic carbocycles. The van der Waals surface area contributed by atoms with Crippen molar-refractivity contribution in [2.75, 3.05) is 19.6 Å². The smallest absolute Gasteiger partial charge is 0.263 e. The van der Waals surface area contributed by atoms with Gasteiger partial charge in [-0.05, 0) is 55.7 Å². The Morgan fingerprint density at radius 3 is 2.85 bits per heavy atom. The summed E-state index contributed by atoms with van der Waals surface area (Å²) in [6, 6.07) is 2.14. The average Bonchev–Trinajstić information content (AvgIpc) is 3.02. The van der Waals surface area contributed by atoms with E-state index in [1.165, 1.54) is 23.3 Å². The highest BCUT2D eigenvalue weighted by Crippen LogP contribution is 2.33. The van der Waals surface area contributed by atoms with Crippen molar-refractivity contribution in [1.82, 2.24) is 4.90 Å². The molecular weight excluding hydrogens is 292 g/mol. The largest absolute Gasteiger partial charge is 0.337 e. The molecule has 2 aliphatic rings. The summed E-state index contributed by atoms with van der Waals surface area (Å²) in [5.41, 5.74) is 7.35. The third-order valence-corrected chi connectivity index (χ3v) is 5.77. The molecular formula is C15H23ClN2OS. The molecule has 3 nitrogen and oxygen atoms in total. The van der Waals surface area contributed by atoms with E-state index in [0.29, 0.717) is 6.54 Å². The number of thiophene rings is 1. The van der Waals surface area contributed by atoms with E-state index in [2.05, 4.69) is 13.0 Å². The Hall–Kier alpha value is -0.580. The van der Waals surface area contributed by atoms with Crippen LogP contribution in [0, 0.1) is 5.41 Å². The maximum Gasteiger partial charge on any atom is 0.263 e. The molecule has 1 amide bonds. The third kappa shape index (κ3) is 2.87. The number of likely N-dealkylation sites (tertiary alicyclic amines) is 1. The van der Waals surface area contributed by atoms with Gasteiger partial charge in [0.25, 0.3) is 5.91 Å². The lowest BCUT2D eigenvalue weighted by molar-refractivity contribution is 0.0781. The Balaban J connectivity index is 0.00000147. The van der Waals surface area contributed by atoms with Crippen molar-refractivity contribution < 1.29 is 4.79 Å². The highest BCUT2D eigenvalue weighted by molar-refractivity contribution is 7.14. The number of fused-ring (bicyclic) bond motifs is 1. The van der Waals surface area contributed by atoms with Crippen molar-refractivity contribution in [3.63, 3.8) is 0 Å². The fourth-order valence-corrected chi connectivity index (χ4v) is 4.34. The van der Waals surface area contributed by atoms with E-state index in [1.54, 1.807) is 11.3 Å². The predicted molar refractivity (Wildman–Crippen MR) is 85.9 cm³/mol. The Bertz CT molecular complexity index is 479. The van der Waals surface area contributed by atoms with Crippen LogP contribution in [-0.2, 0) is 12.8 Å². The standard InChI is InChI=1S/C15H22N2OS.ClH/c1-15(9-16)6-7-17(10-15)14(18)13-8-11-4-2-3-5-12(11)19-13;/h8H,2-7,9-10,16H2,1H3;1H. The first-order valence-electron chi connectivity index (χ1n) is 7.22. The fourth-order valence-electron chi connectivity index (χ4n) is 3.12. The molecule has 2 N–H and O–H groups in total. The summed E-state index contributed by atoms with van der Waals surface area (Å²) >= 11 is 1.72. The van der Waals surface area contributed by atoms with Crippen molar-refractivity contribution in [3.05, 3.63) is 21.4 Å². The maximum absolute atomic E-state index is 12.6. The fraction of sp³-hybridized carbons (Fsp3) is 0.667. The van der Waals surface area contributed by atoms with Gasteiger partial charge in [0.2, 0.25) is 0 Å². The number of hydrogen-bond acceptors (Lipinski definition) is 3. The minimum Gasteiger partial charge on any atom is -0.337 e. The van der Waals surface area contributed by atoms with Crippen LogP contribution < -0.4 is 5.73 Å². The lowest BCUT2D eigenvalue weighted by atomic mass is 9.90. The quantitative estimate of drug-likeness (QED) is 0.912. The van der Waals surface area contributed by atoms with Crippen LogP contribution in [0.5, 0.6) is 0 Å². The molecule has 2 heterocycles. The molecule has 112 valence electrons. The second-order valence-corrected chi connectivity index (χ2v) is 7.39. The summed E-state index contributed by atoms with van der Waals surface area (Å²) in [5.74, 6) is 0.219. The van der Waals surface area contributed by atoms with E-state index in [4.69, 9.17) is 5.73 Å².